The largest absolute Gasteiger partial charge is 0.326 e. The van der Waals surface area contributed by atoms with Crippen molar-refractivity contribution in [2.24, 2.45) is 5.73 Å². The molecule has 0 saturated heterocycles. The second-order valence-electron chi connectivity index (χ2n) is 4.56. The fourth-order valence-electron chi connectivity index (χ4n) is 1.74. The van der Waals surface area contributed by atoms with Crippen molar-refractivity contribution in [1.82, 2.24) is 0 Å². The SMILES string of the molecule is Cc1ccc(SCc2ccc(CN)cc2)cc1C. The second kappa shape index (κ2) is 6.07. The molecule has 0 atom stereocenters. The van der Waals surface area contributed by atoms with Gasteiger partial charge in [-0.05, 0) is 48.2 Å². The smallest absolute Gasteiger partial charge is 0.0231 e. The first-order chi connectivity index (χ1) is 8.69. The molecular formula is C16H19NS. The number of hydrogen-bond acceptors (Lipinski definition) is 2. The summed E-state index contributed by atoms with van der Waals surface area (Å²) >= 11 is 1.88. The third-order valence-corrected chi connectivity index (χ3v) is 4.21. The number of hydrogen-bond donors (Lipinski definition) is 1. The molecular weight excluding hydrogens is 238 g/mol. The fraction of sp³-hybridized carbons (Fsp3) is 0.250. The molecule has 2 aromatic carbocycles. The van der Waals surface area contributed by atoms with E-state index in [1.54, 1.807) is 0 Å². The summed E-state index contributed by atoms with van der Waals surface area (Å²) in [7, 11) is 0. The normalized spacial score (nSPS) is 10.6. The van der Waals surface area contributed by atoms with E-state index in [0.717, 1.165) is 5.75 Å². The molecule has 18 heavy (non-hydrogen) atoms. The lowest BCUT2D eigenvalue weighted by molar-refractivity contribution is 1.07. The molecule has 2 heteroatoms. The molecule has 0 saturated carbocycles. The Kier molecular flexibility index (Phi) is 4.45. The summed E-state index contributed by atoms with van der Waals surface area (Å²) in [6.07, 6.45) is 0. The van der Waals surface area contributed by atoms with Gasteiger partial charge in [-0.1, -0.05) is 30.3 Å². The maximum absolute atomic E-state index is 5.59. The monoisotopic (exact) mass is 257 g/mol. The first-order valence-electron chi connectivity index (χ1n) is 6.17. The van der Waals surface area contributed by atoms with Crippen molar-refractivity contribution in [3.8, 4) is 0 Å². The van der Waals surface area contributed by atoms with Gasteiger partial charge in [-0.15, -0.1) is 11.8 Å². The predicted molar refractivity (Wildman–Crippen MR) is 79.8 cm³/mol. The van der Waals surface area contributed by atoms with E-state index in [1.807, 2.05) is 11.8 Å². The first-order valence-corrected chi connectivity index (χ1v) is 7.15. The van der Waals surface area contributed by atoms with E-state index >= 15 is 0 Å². The van der Waals surface area contributed by atoms with Gasteiger partial charge in [0.25, 0.3) is 0 Å². The van der Waals surface area contributed by atoms with Crippen LogP contribution in [0.3, 0.4) is 0 Å². The van der Waals surface area contributed by atoms with E-state index in [4.69, 9.17) is 5.73 Å². The van der Waals surface area contributed by atoms with Gasteiger partial charge in [-0.2, -0.15) is 0 Å². The standard InChI is InChI=1S/C16H19NS/c1-12-3-8-16(9-13(12)2)18-11-15-6-4-14(10-17)5-7-15/h3-9H,10-11,17H2,1-2H3. The van der Waals surface area contributed by atoms with Crippen LogP contribution in [0.4, 0.5) is 0 Å². The highest BCUT2D eigenvalue weighted by Crippen LogP contribution is 2.24. The zero-order chi connectivity index (χ0) is 13.0. The van der Waals surface area contributed by atoms with Crippen LogP contribution < -0.4 is 5.73 Å². The van der Waals surface area contributed by atoms with E-state index in [0.29, 0.717) is 6.54 Å². The molecule has 0 bridgehead atoms. The lowest BCUT2D eigenvalue weighted by Gasteiger charge is -2.06. The maximum Gasteiger partial charge on any atom is 0.0231 e. The Labute approximate surface area is 113 Å². The quantitative estimate of drug-likeness (QED) is 0.836. The number of thioether (sulfide) groups is 1. The molecule has 0 aromatic heterocycles. The zero-order valence-electron chi connectivity index (χ0n) is 10.9. The molecule has 2 rings (SSSR count). The topological polar surface area (TPSA) is 26.0 Å². The van der Waals surface area contributed by atoms with Crippen molar-refractivity contribution < 1.29 is 0 Å². The highest BCUT2D eigenvalue weighted by molar-refractivity contribution is 7.98. The molecule has 0 heterocycles. The Morgan fingerprint density at radius 2 is 1.56 bits per heavy atom. The number of benzene rings is 2. The fourth-order valence-corrected chi connectivity index (χ4v) is 2.69. The van der Waals surface area contributed by atoms with Crippen LogP contribution in [0.25, 0.3) is 0 Å². The summed E-state index contributed by atoms with van der Waals surface area (Å²) in [6.45, 7) is 4.93. The summed E-state index contributed by atoms with van der Waals surface area (Å²) in [4.78, 5) is 1.33. The molecule has 2 aromatic rings. The molecule has 0 unspecified atom stereocenters. The lowest BCUT2D eigenvalue weighted by atomic mass is 10.1. The highest BCUT2D eigenvalue weighted by atomic mass is 32.2. The number of rotatable bonds is 4. The van der Waals surface area contributed by atoms with Gasteiger partial charge >= 0.3 is 0 Å². The van der Waals surface area contributed by atoms with E-state index in [-0.39, 0.29) is 0 Å². The van der Waals surface area contributed by atoms with Crippen molar-refractivity contribution >= 4 is 11.8 Å². The molecule has 0 aliphatic heterocycles. The van der Waals surface area contributed by atoms with Gasteiger partial charge in [-0.3, -0.25) is 0 Å². The van der Waals surface area contributed by atoms with E-state index < -0.39 is 0 Å². The van der Waals surface area contributed by atoms with Crippen LogP contribution in [0.15, 0.2) is 47.4 Å². The van der Waals surface area contributed by atoms with E-state index in [9.17, 15) is 0 Å². The van der Waals surface area contributed by atoms with Crippen LogP contribution in [0.5, 0.6) is 0 Å². The van der Waals surface area contributed by atoms with Crippen LogP contribution in [-0.2, 0) is 12.3 Å². The number of nitrogens with two attached hydrogens (primary N) is 1. The Morgan fingerprint density at radius 3 is 2.17 bits per heavy atom. The lowest BCUT2D eigenvalue weighted by Crippen LogP contribution is -1.95. The van der Waals surface area contributed by atoms with Crippen molar-refractivity contribution in [3.05, 3.63) is 64.7 Å². The van der Waals surface area contributed by atoms with Gasteiger partial charge in [0.05, 0.1) is 0 Å². The minimum absolute atomic E-state index is 0.616. The summed E-state index contributed by atoms with van der Waals surface area (Å²) < 4.78 is 0. The van der Waals surface area contributed by atoms with Crippen molar-refractivity contribution in [2.45, 2.75) is 31.0 Å². The molecule has 94 valence electrons. The van der Waals surface area contributed by atoms with Crippen molar-refractivity contribution in [3.63, 3.8) is 0 Å². The molecule has 0 radical (unpaired) electrons. The van der Waals surface area contributed by atoms with Gasteiger partial charge in [0.2, 0.25) is 0 Å². The summed E-state index contributed by atoms with van der Waals surface area (Å²) in [5.74, 6) is 1.01. The van der Waals surface area contributed by atoms with Crippen molar-refractivity contribution in [1.29, 1.82) is 0 Å². The average molecular weight is 257 g/mol. The predicted octanol–water partition coefficient (Wildman–Crippen LogP) is 4.05. The van der Waals surface area contributed by atoms with E-state index in [2.05, 4.69) is 56.3 Å². The van der Waals surface area contributed by atoms with Gasteiger partial charge in [0.1, 0.15) is 0 Å². The Hall–Kier alpha value is -1.25. The average Bonchev–Trinajstić information content (AvgIpc) is 2.41. The molecule has 0 fully saturated rings. The molecule has 0 spiro atoms. The Morgan fingerprint density at radius 1 is 0.889 bits per heavy atom. The molecule has 2 N–H and O–H groups in total. The van der Waals surface area contributed by atoms with Crippen LogP contribution in [0, 0.1) is 13.8 Å². The maximum atomic E-state index is 5.59. The first kappa shape index (κ1) is 13.2. The summed E-state index contributed by atoms with van der Waals surface area (Å²) in [6, 6.07) is 15.2. The van der Waals surface area contributed by atoms with Gasteiger partial charge in [-0.25, -0.2) is 0 Å². The Balaban J connectivity index is 1.99. The minimum atomic E-state index is 0.616. The van der Waals surface area contributed by atoms with Gasteiger partial charge in [0.15, 0.2) is 0 Å². The number of aryl methyl sites for hydroxylation is 2. The summed E-state index contributed by atoms with van der Waals surface area (Å²) in [5.41, 5.74) is 10.8. The van der Waals surface area contributed by atoms with Crippen molar-refractivity contribution in [2.75, 3.05) is 0 Å². The molecule has 0 aliphatic carbocycles. The van der Waals surface area contributed by atoms with Crippen LogP contribution in [0.1, 0.15) is 22.3 Å². The third-order valence-electron chi connectivity index (χ3n) is 3.14. The Bertz CT molecular complexity index is 517. The van der Waals surface area contributed by atoms with Gasteiger partial charge in [0, 0.05) is 17.2 Å². The highest BCUT2D eigenvalue weighted by Gasteiger charge is 1.99. The van der Waals surface area contributed by atoms with Crippen LogP contribution in [-0.4, -0.2) is 0 Å². The van der Waals surface area contributed by atoms with E-state index in [1.165, 1.54) is 27.1 Å². The minimum Gasteiger partial charge on any atom is -0.326 e. The second-order valence-corrected chi connectivity index (χ2v) is 5.60. The summed E-state index contributed by atoms with van der Waals surface area (Å²) in [5, 5.41) is 0. The molecule has 0 amide bonds. The third kappa shape index (κ3) is 3.37. The zero-order valence-corrected chi connectivity index (χ0v) is 11.8. The molecule has 1 nitrogen and oxygen atoms in total. The van der Waals surface area contributed by atoms with Crippen LogP contribution >= 0.6 is 11.8 Å². The van der Waals surface area contributed by atoms with Crippen LogP contribution in [0.2, 0.25) is 0 Å². The molecule has 0 aliphatic rings. The van der Waals surface area contributed by atoms with Gasteiger partial charge < -0.3 is 5.73 Å².